The number of halogens is 3. The molecule has 0 aliphatic carbocycles. The average molecular weight is 581 g/mol. The van der Waals surface area contributed by atoms with Gasteiger partial charge in [0.15, 0.2) is 11.5 Å². The number of morpholine rings is 1. The number of benzene rings is 2. The second-order valence-electron chi connectivity index (χ2n) is 10.4. The predicted molar refractivity (Wildman–Crippen MR) is 145 cm³/mol. The Kier molecular flexibility index (Phi) is 7.05. The zero-order valence-electron chi connectivity index (χ0n) is 22.7. The van der Waals surface area contributed by atoms with E-state index in [4.69, 9.17) is 4.74 Å². The van der Waals surface area contributed by atoms with E-state index in [1.54, 1.807) is 24.3 Å². The van der Waals surface area contributed by atoms with Crippen molar-refractivity contribution < 1.29 is 27.5 Å². The summed E-state index contributed by atoms with van der Waals surface area (Å²) >= 11 is 0. The van der Waals surface area contributed by atoms with E-state index in [1.807, 2.05) is 0 Å². The topological polar surface area (TPSA) is 113 Å². The first-order valence-corrected chi connectivity index (χ1v) is 13.5. The van der Waals surface area contributed by atoms with E-state index in [0.717, 1.165) is 0 Å². The van der Waals surface area contributed by atoms with Crippen LogP contribution < -0.4 is 5.56 Å². The van der Waals surface area contributed by atoms with Gasteiger partial charge >= 0.3 is 5.92 Å². The van der Waals surface area contributed by atoms with Crippen LogP contribution in [0.5, 0.6) is 0 Å². The van der Waals surface area contributed by atoms with Crippen LogP contribution in [0.1, 0.15) is 50.5 Å². The first-order chi connectivity index (χ1) is 20.1. The molecule has 2 aromatic heterocycles. The van der Waals surface area contributed by atoms with Crippen LogP contribution in [0.15, 0.2) is 47.3 Å². The standard InChI is InChI=1S/C29H27F3N6O4/c1-29(31,32)28-33-24(27(41)36-10-12-42-13-11-36)23-16-37(8-9-38(23)28)26(40)20-14-17(6-7-21(20)30)15-22-18-4-2-3-5-19(18)25(39)35-34-22/h2-7,14H,8-13,15-16H2,1H3,(H,35,39). The van der Waals surface area contributed by atoms with Crippen molar-refractivity contribution in [2.75, 3.05) is 32.8 Å². The van der Waals surface area contributed by atoms with Crippen LogP contribution in [0.4, 0.5) is 13.2 Å². The highest BCUT2D eigenvalue weighted by molar-refractivity contribution is 5.96. The Bertz CT molecular complexity index is 1760. The molecule has 218 valence electrons. The van der Waals surface area contributed by atoms with Crippen molar-refractivity contribution in [2.24, 2.45) is 0 Å². The Morgan fingerprint density at radius 1 is 1.00 bits per heavy atom. The number of alkyl halides is 2. The van der Waals surface area contributed by atoms with Crippen molar-refractivity contribution >= 4 is 22.6 Å². The van der Waals surface area contributed by atoms with Gasteiger partial charge in [-0.2, -0.15) is 13.9 Å². The van der Waals surface area contributed by atoms with E-state index in [9.17, 15) is 23.2 Å². The number of fused-ring (bicyclic) bond motifs is 2. The molecule has 42 heavy (non-hydrogen) atoms. The number of H-pyrrole nitrogens is 1. The van der Waals surface area contributed by atoms with E-state index in [0.29, 0.717) is 55.3 Å². The number of ether oxygens (including phenoxy) is 1. The van der Waals surface area contributed by atoms with Crippen LogP contribution in [0.3, 0.4) is 0 Å². The highest BCUT2D eigenvalue weighted by Gasteiger charge is 2.39. The van der Waals surface area contributed by atoms with Gasteiger partial charge < -0.3 is 19.1 Å². The molecule has 0 atom stereocenters. The molecule has 0 saturated carbocycles. The van der Waals surface area contributed by atoms with Gasteiger partial charge in [0.25, 0.3) is 17.4 Å². The molecule has 0 radical (unpaired) electrons. The third kappa shape index (κ3) is 5.04. The SMILES string of the molecule is CC(F)(F)c1nc(C(=O)N2CCOCC2)c2n1CCN(C(=O)c1cc(Cc3n[nH]c(=O)c4ccccc34)ccc1F)C2. The van der Waals surface area contributed by atoms with Crippen molar-refractivity contribution in [1.29, 1.82) is 0 Å². The Morgan fingerprint density at radius 3 is 2.48 bits per heavy atom. The number of hydrogen-bond acceptors (Lipinski definition) is 6. The lowest BCUT2D eigenvalue weighted by Crippen LogP contribution is -2.43. The summed E-state index contributed by atoms with van der Waals surface area (Å²) in [5.41, 5.74) is 0.652. The summed E-state index contributed by atoms with van der Waals surface area (Å²) in [5.74, 6) is -5.76. The maximum atomic E-state index is 15.0. The fraction of sp³-hybridized carbons (Fsp3) is 0.345. The van der Waals surface area contributed by atoms with Gasteiger partial charge in [0.1, 0.15) is 5.82 Å². The summed E-state index contributed by atoms with van der Waals surface area (Å²) in [6.07, 6.45) is 0.220. The number of carbonyl (C=O) groups is 2. The second-order valence-corrected chi connectivity index (χ2v) is 10.4. The molecular formula is C29H27F3N6O4. The van der Waals surface area contributed by atoms with Gasteiger partial charge in [-0.05, 0) is 23.8 Å². The minimum absolute atomic E-state index is 0.0201. The summed E-state index contributed by atoms with van der Waals surface area (Å²) in [6, 6.07) is 11.1. The fourth-order valence-electron chi connectivity index (χ4n) is 5.48. The van der Waals surface area contributed by atoms with Gasteiger partial charge in [0, 0.05) is 44.9 Å². The number of hydrogen-bond donors (Lipinski definition) is 1. The fourth-order valence-corrected chi connectivity index (χ4v) is 5.48. The van der Waals surface area contributed by atoms with Gasteiger partial charge in [-0.3, -0.25) is 14.4 Å². The number of aromatic nitrogens is 4. The Morgan fingerprint density at radius 2 is 1.74 bits per heavy atom. The lowest BCUT2D eigenvalue weighted by atomic mass is 10.0. The summed E-state index contributed by atoms with van der Waals surface area (Å²) in [6.45, 7) is 1.75. The molecule has 2 aliphatic heterocycles. The number of nitrogens with zero attached hydrogens (tertiary/aromatic N) is 5. The van der Waals surface area contributed by atoms with Gasteiger partial charge in [-0.1, -0.05) is 24.3 Å². The highest BCUT2D eigenvalue weighted by atomic mass is 19.3. The number of nitrogens with one attached hydrogen (secondary N) is 1. The maximum Gasteiger partial charge on any atom is 0.302 e. The third-order valence-electron chi connectivity index (χ3n) is 7.60. The zero-order chi connectivity index (χ0) is 29.6. The van der Waals surface area contributed by atoms with Crippen molar-refractivity contribution in [2.45, 2.75) is 32.4 Å². The average Bonchev–Trinajstić information content (AvgIpc) is 3.39. The minimum Gasteiger partial charge on any atom is -0.378 e. The van der Waals surface area contributed by atoms with Gasteiger partial charge in [0.2, 0.25) is 0 Å². The molecule has 6 rings (SSSR count). The van der Waals surface area contributed by atoms with Crippen LogP contribution in [0.2, 0.25) is 0 Å². The minimum atomic E-state index is -3.31. The van der Waals surface area contributed by atoms with E-state index < -0.39 is 29.4 Å². The third-order valence-corrected chi connectivity index (χ3v) is 7.60. The van der Waals surface area contributed by atoms with Crippen LogP contribution >= 0.6 is 0 Å². The summed E-state index contributed by atoms with van der Waals surface area (Å²) in [4.78, 5) is 45.9. The number of aromatic amines is 1. The van der Waals surface area contributed by atoms with E-state index in [1.165, 1.54) is 32.6 Å². The number of rotatable bonds is 5. The van der Waals surface area contributed by atoms with Crippen molar-refractivity contribution in [3.63, 3.8) is 0 Å². The van der Waals surface area contributed by atoms with Crippen LogP contribution in [0, 0.1) is 5.82 Å². The van der Waals surface area contributed by atoms with Gasteiger partial charge in [0.05, 0.1) is 42.1 Å². The second kappa shape index (κ2) is 10.7. The molecule has 1 saturated heterocycles. The maximum absolute atomic E-state index is 15.0. The molecule has 0 spiro atoms. The monoisotopic (exact) mass is 580 g/mol. The quantitative estimate of drug-likeness (QED) is 0.388. The zero-order valence-corrected chi connectivity index (χ0v) is 22.7. The van der Waals surface area contributed by atoms with Crippen LogP contribution in [-0.2, 0) is 30.2 Å². The van der Waals surface area contributed by atoms with Crippen LogP contribution in [-0.4, -0.2) is 74.2 Å². The van der Waals surface area contributed by atoms with Gasteiger partial charge in [-0.15, -0.1) is 0 Å². The Labute approximate surface area is 237 Å². The lowest BCUT2D eigenvalue weighted by molar-refractivity contribution is 0.00245. The molecule has 13 heteroatoms. The molecule has 2 aromatic carbocycles. The van der Waals surface area contributed by atoms with Crippen molar-refractivity contribution in [3.8, 4) is 0 Å². The van der Waals surface area contributed by atoms with Crippen molar-refractivity contribution in [1.82, 2.24) is 29.5 Å². The smallest absolute Gasteiger partial charge is 0.302 e. The molecule has 4 aromatic rings. The molecule has 2 amide bonds. The number of imidazole rings is 1. The summed E-state index contributed by atoms with van der Waals surface area (Å²) in [7, 11) is 0. The number of amides is 2. The molecule has 0 bridgehead atoms. The van der Waals surface area contributed by atoms with E-state index in [2.05, 4.69) is 15.2 Å². The largest absolute Gasteiger partial charge is 0.378 e. The molecule has 4 heterocycles. The van der Waals surface area contributed by atoms with Crippen LogP contribution in [0.25, 0.3) is 10.8 Å². The first kappa shape index (κ1) is 27.6. The summed E-state index contributed by atoms with van der Waals surface area (Å²) < 4.78 is 50.6. The molecule has 0 unspecified atom stereocenters. The van der Waals surface area contributed by atoms with E-state index >= 15 is 4.39 Å². The van der Waals surface area contributed by atoms with Crippen molar-refractivity contribution in [3.05, 3.63) is 92.7 Å². The highest BCUT2D eigenvalue weighted by Crippen LogP contribution is 2.32. The molecule has 10 nitrogen and oxygen atoms in total. The Balaban J connectivity index is 1.30. The van der Waals surface area contributed by atoms with E-state index in [-0.39, 0.29) is 48.6 Å². The molecular weight excluding hydrogens is 553 g/mol. The summed E-state index contributed by atoms with van der Waals surface area (Å²) in [5, 5.41) is 7.73. The van der Waals surface area contributed by atoms with Gasteiger partial charge in [-0.25, -0.2) is 14.5 Å². The molecule has 2 aliphatic rings. The lowest BCUT2D eigenvalue weighted by Gasteiger charge is -2.31. The Hall–Kier alpha value is -4.52. The number of carbonyl (C=O) groups excluding carboxylic acids is 2. The predicted octanol–water partition coefficient (Wildman–Crippen LogP) is 3.09. The molecule has 1 N–H and O–H groups in total. The first-order valence-electron chi connectivity index (χ1n) is 13.5. The molecule has 1 fully saturated rings. The normalized spacial score (nSPS) is 15.6.